The average Bonchev–Trinajstić information content (AvgIpc) is 2.29. The van der Waals surface area contributed by atoms with Gasteiger partial charge in [-0.15, -0.1) is 11.6 Å². The van der Waals surface area contributed by atoms with Crippen LogP contribution >= 0.6 is 23.2 Å². The molecular weight excluding hydrogens is 251 g/mol. The SMILES string of the molecule is Cc1ccccc1C(Cl)Cc1cccc(Cl)c1. The first-order chi connectivity index (χ1) is 8.16. The number of hydrogen-bond donors (Lipinski definition) is 0. The number of rotatable bonds is 3. The van der Waals surface area contributed by atoms with Crippen molar-refractivity contribution in [1.29, 1.82) is 0 Å². The molecule has 0 radical (unpaired) electrons. The van der Waals surface area contributed by atoms with Gasteiger partial charge in [0.05, 0.1) is 5.38 Å². The van der Waals surface area contributed by atoms with Gasteiger partial charge in [-0.1, -0.05) is 48.0 Å². The van der Waals surface area contributed by atoms with E-state index >= 15 is 0 Å². The van der Waals surface area contributed by atoms with Crippen LogP contribution in [0, 0.1) is 6.92 Å². The molecule has 0 aromatic heterocycles. The highest BCUT2D eigenvalue weighted by Crippen LogP contribution is 2.28. The third-order valence-corrected chi connectivity index (χ3v) is 3.45. The number of alkyl halides is 1. The molecule has 0 saturated heterocycles. The van der Waals surface area contributed by atoms with Crippen LogP contribution in [-0.2, 0) is 6.42 Å². The molecule has 88 valence electrons. The van der Waals surface area contributed by atoms with Gasteiger partial charge >= 0.3 is 0 Å². The van der Waals surface area contributed by atoms with Crippen LogP contribution in [0.5, 0.6) is 0 Å². The van der Waals surface area contributed by atoms with E-state index in [-0.39, 0.29) is 5.38 Å². The van der Waals surface area contributed by atoms with Gasteiger partial charge in [0, 0.05) is 5.02 Å². The zero-order chi connectivity index (χ0) is 12.3. The summed E-state index contributed by atoms with van der Waals surface area (Å²) in [7, 11) is 0. The highest BCUT2D eigenvalue weighted by molar-refractivity contribution is 6.30. The van der Waals surface area contributed by atoms with Gasteiger partial charge in [-0.05, 0) is 42.2 Å². The molecule has 0 nitrogen and oxygen atoms in total. The molecule has 0 N–H and O–H groups in total. The van der Waals surface area contributed by atoms with E-state index in [0.717, 1.165) is 11.4 Å². The number of aryl methyl sites for hydroxylation is 1. The standard InChI is InChI=1S/C15H14Cl2/c1-11-5-2-3-8-14(11)15(17)10-12-6-4-7-13(16)9-12/h2-9,15H,10H2,1H3. The smallest absolute Gasteiger partial charge is 0.0628 e. The van der Waals surface area contributed by atoms with Crippen LogP contribution in [0.4, 0.5) is 0 Å². The van der Waals surface area contributed by atoms with Crippen molar-refractivity contribution in [2.75, 3.05) is 0 Å². The van der Waals surface area contributed by atoms with Gasteiger partial charge in [-0.25, -0.2) is 0 Å². The molecule has 0 aliphatic heterocycles. The minimum atomic E-state index is -0.00494. The Morgan fingerprint density at radius 2 is 1.82 bits per heavy atom. The quantitative estimate of drug-likeness (QED) is 0.671. The Morgan fingerprint density at radius 3 is 2.53 bits per heavy atom. The zero-order valence-electron chi connectivity index (χ0n) is 9.66. The lowest BCUT2D eigenvalue weighted by Crippen LogP contribution is -1.98. The maximum absolute atomic E-state index is 6.46. The summed E-state index contributed by atoms with van der Waals surface area (Å²) in [5, 5.41) is 0.755. The first kappa shape index (κ1) is 12.5. The van der Waals surface area contributed by atoms with Crippen molar-refractivity contribution >= 4 is 23.2 Å². The third kappa shape index (κ3) is 3.24. The summed E-state index contributed by atoms with van der Waals surface area (Å²) in [5.41, 5.74) is 3.59. The fourth-order valence-electron chi connectivity index (χ4n) is 1.92. The maximum atomic E-state index is 6.46. The Bertz CT molecular complexity index is 506. The second-order valence-corrected chi connectivity index (χ2v) is 5.12. The summed E-state index contributed by atoms with van der Waals surface area (Å²) >= 11 is 12.4. The van der Waals surface area contributed by atoms with Crippen molar-refractivity contribution in [1.82, 2.24) is 0 Å². The molecule has 0 heterocycles. The van der Waals surface area contributed by atoms with E-state index in [0.29, 0.717) is 0 Å². The largest absolute Gasteiger partial charge is 0.117 e. The van der Waals surface area contributed by atoms with Crippen molar-refractivity contribution in [3.63, 3.8) is 0 Å². The molecule has 0 saturated carbocycles. The third-order valence-electron chi connectivity index (χ3n) is 2.83. The van der Waals surface area contributed by atoms with Crippen molar-refractivity contribution < 1.29 is 0 Å². The highest BCUT2D eigenvalue weighted by Gasteiger charge is 2.11. The van der Waals surface area contributed by atoms with Crippen molar-refractivity contribution in [3.05, 3.63) is 70.2 Å². The Labute approximate surface area is 112 Å². The molecule has 0 amide bonds. The second-order valence-electron chi connectivity index (χ2n) is 4.16. The molecule has 0 fully saturated rings. The molecule has 2 aromatic rings. The lowest BCUT2D eigenvalue weighted by atomic mass is 10.0. The zero-order valence-corrected chi connectivity index (χ0v) is 11.2. The lowest BCUT2D eigenvalue weighted by molar-refractivity contribution is 0.910. The normalized spacial score (nSPS) is 12.4. The van der Waals surface area contributed by atoms with Crippen LogP contribution in [0.25, 0.3) is 0 Å². The van der Waals surface area contributed by atoms with E-state index < -0.39 is 0 Å². The van der Waals surface area contributed by atoms with Crippen LogP contribution in [-0.4, -0.2) is 0 Å². The Hall–Kier alpha value is -0.980. The summed E-state index contributed by atoms with van der Waals surface area (Å²) < 4.78 is 0. The summed E-state index contributed by atoms with van der Waals surface area (Å²) in [6.45, 7) is 2.09. The Morgan fingerprint density at radius 1 is 1.06 bits per heavy atom. The minimum absolute atomic E-state index is 0.00494. The molecule has 2 rings (SSSR count). The van der Waals surface area contributed by atoms with Crippen LogP contribution in [0.1, 0.15) is 22.1 Å². The number of hydrogen-bond acceptors (Lipinski definition) is 0. The first-order valence-corrected chi connectivity index (χ1v) is 6.42. The molecule has 1 unspecified atom stereocenters. The van der Waals surface area contributed by atoms with Gasteiger partial charge in [0.25, 0.3) is 0 Å². The van der Waals surface area contributed by atoms with E-state index in [1.807, 2.05) is 30.3 Å². The van der Waals surface area contributed by atoms with E-state index in [1.54, 1.807) is 0 Å². The number of halogens is 2. The first-order valence-electron chi connectivity index (χ1n) is 5.61. The molecule has 17 heavy (non-hydrogen) atoms. The molecule has 0 aliphatic carbocycles. The van der Waals surface area contributed by atoms with Gasteiger partial charge in [-0.3, -0.25) is 0 Å². The van der Waals surface area contributed by atoms with Crippen LogP contribution in [0.2, 0.25) is 5.02 Å². The van der Waals surface area contributed by atoms with Gasteiger partial charge in [0.2, 0.25) is 0 Å². The van der Waals surface area contributed by atoms with Crippen LogP contribution in [0.3, 0.4) is 0 Å². The molecule has 0 aliphatic rings. The van der Waals surface area contributed by atoms with Gasteiger partial charge in [-0.2, -0.15) is 0 Å². The maximum Gasteiger partial charge on any atom is 0.0628 e. The molecular formula is C15H14Cl2. The van der Waals surface area contributed by atoms with E-state index in [2.05, 4.69) is 25.1 Å². The van der Waals surface area contributed by atoms with Crippen molar-refractivity contribution in [3.8, 4) is 0 Å². The fraction of sp³-hybridized carbons (Fsp3) is 0.200. The second kappa shape index (κ2) is 5.57. The van der Waals surface area contributed by atoms with E-state index in [4.69, 9.17) is 23.2 Å². The molecule has 0 bridgehead atoms. The highest BCUT2D eigenvalue weighted by atomic mass is 35.5. The summed E-state index contributed by atoms with van der Waals surface area (Å²) in [4.78, 5) is 0. The van der Waals surface area contributed by atoms with E-state index in [9.17, 15) is 0 Å². The van der Waals surface area contributed by atoms with E-state index in [1.165, 1.54) is 16.7 Å². The molecule has 2 heteroatoms. The monoisotopic (exact) mass is 264 g/mol. The average molecular weight is 265 g/mol. The van der Waals surface area contributed by atoms with Crippen molar-refractivity contribution in [2.24, 2.45) is 0 Å². The molecule has 0 spiro atoms. The van der Waals surface area contributed by atoms with Crippen LogP contribution < -0.4 is 0 Å². The predicted octanol–water partition coefficient (Wildman–Crippen LogP) is 5.17. The summed E-state index contributed by atoms with van der Waals surface area (Å²) in [6.07, 6.45) is 0.799. The topological polar surface area (TPSA) is 0 Å². The van der Waals surface area contributed by atoms with Crippen molar-refractivity contribution in [2.45, 2.75) is 18.7 Å². The summed E-state index contributed by atoms with van der Waals surface area (Å²) in [6, 6.07) is 16.1. The van der Waals surface area contributed by atoms with Crippen LogP contribution in [0.15, 0.2) is 48.5 Å². The fourth-order valence-corrected chi connectivity index (χ4v) is 2.55. The molecule has 2 aromatic carbocycles. The predicted molar refractivity (Wildman–Crippen MR) is 74.9 cm³/mol. The molecule has 1 atom stereocenters. The summed E-state index contributed by atoms with van der Waals surface area (Å²) in [5.74, 6) is 0. The Balaban J connectivity index is 2.17. The minimum Gasteiger partial charge on any atom is -0.117 e. The number of benzene rings is 2. The lowest BCUT2D eigenvalue weighted by Gasteiger charge is -2.12. The van der Waals surface area contributed by atoms with Gasteiger partial charge in [0.15, 0.2) is 0 Å². The van der Waals surface area contributed by atoms with Gasteiger partial charge < -0.3 is 0 Å². The van der Waals surface area contributed by atoms with Gasteiger partial charge in [0.1, 0.15) is 0 Å². The Kier molecular flexibility index (Phi) is 4.09.